The fourth-order valence-electron chi connectivity index (χ4n) is 2.33. The van der Waals surface area contributed by atoms with Crippen molar-refractivity contribution < 1.29 is 13.2 Å². The minimum atomic E-state index is -4.05. The zero-order valence-corrected chi connectivity index (χ0v) is 14.1. The number of nitrogens with zero attached hydrogens (tertiary/aromatic N) is 1. The second-order valence-electron chi connectivity index (χ2n) is 5.66. The van der Waals surface area contributed by atoms with E-state index < -0.39 is 21.8 Å². The predicted molar refractivity (Wildman–Crippen MR) is 91.0 cm³/mol. The van der Waals surface area contributed by atoms with Crippen molar-refractivity contribution in [2.45, 2.75) is 24.9 Å². The number of para-hydroxylation sites is 2. The fourth-order valence-corrected chi connectivity index (χ4v) is 3.33. The van der Waals surface area contributed by atoms with Crippen LogP contribution in [0.2, 0.25) is 0 Å². The minimum absolute atomic E-state index is 0.270. The number of rotatable bonds is 4. The third kappa shape index (κ3) is 3.16. The lowest BCUT2D eigenvalue weighted by atomic mass is 10.00. The molecule has 0 aliphatic heterocycles. The summed E-state index contributed by atoms with van der Waals surface area (Å²) in [6.45, 7) is 3.61. The second-order valence-corrected chi connectivity index (χ2v) is 7.26. The number of sulfonamides is 1. The summed E-state index contributed by atoms with van der Waals surface area (Å²) < 4.78 is 26.8. The van der Waals surface area contributed by atoms with Gasteiger partial charge in [0.15, 0.2) is 0 Å². The van der Waals surface area contributed by atoms with E-state index in [1.165, 1.54) is 0 Å². The summed E-state index contributed by atoms with van der Waals surface area (Å²) in [7, 11) is -4.05. The van der Waals surface area contributed by atoms with Crippen LogP contribution in [0.5, 0.6) is 0 Å². The number of amides is 1. The summed E-state index contributed by atoms with van der Waals surface area (Å²) in [6.07, 6.45) is 0. The predicted octanol–water partition coefficient (Wildman–Crippen LogP) is 2.48. The monoisotopic (exact) mass is 343 g/mol. The Morgan fingerprint density at radius 3 is 2.46 bits per heavy atom. The van der Waals surface area contributed by atoms with Crippen LogP contribution in [0.4, 0.5) is 0 Å². The summed E-state index contributed by atoms with van der Waals surface area (Å²) in [5.74, 6) is -1.19. The van der Waals surface area contributed by atoms with Crippen LogP contribution in [-0.4, -0.2) is 24.3 Å². The van der Waals surface area contributed by atoms with Crippen LogP contribution in [0.1, 0.15) is 24.0 Å². The summed E-state index contributed by atoms with van der Waals surface area (Å²) >= 11 is 0. The van der Waals surface area contributed by atoms with Crippen molar-refractivity contribution >= 4 is 27.0 Å². The van der Waals surface area contributed by atoms with Crippen LogP contribution in [-0.2, 0) is 14.8 Å². The maximum Gasteiger partial charge on any atom is 0.297 e. The number of nitrogens with one attached hydrogen (secondary N) is 2. The van der Waals surface area contributed by atoms with Crippen LogP contribution in [0.25, 0.3) is 11.0 Å². The third-order valence-electron chi connectivity index (χ3n) is 3.83. The van der Waals surface area contributed by atoms with E-state index in [0.29, 0.717) is 11.0 Å². The Morgan fingerprint density at radius 2 is 1.79 bits per heavy atom. The molecule has 6 nitrogen and oxygen atoms in total. The van der Waals surface area contributed by atoms with E-state index >= 15 is 0 Å². The molecule has 24 heavy (non-hydrogen) atoms. The Labute approximate surface area is 140 Å². The van der Waals surface area contributed by atoms with Gasteiger partial charge in [-0.2, -0.15) is 8.42 Å². The number of aromatic amines is 1. The van der Waals surface area contributed by atoms with Crippen molar-refractivity contribution in [3.8, 4) is 0 Å². The van der Waals surface area contributed by atoms with Gasteiger partial charge >= 0.3 is 0 Å². The zero-order valence-electron chi connectivity index (χ0n) is 13.3. The largest absolute Gasteiger partial charge is 0.327 e. The van der Waals surface area contributed by atoms with Gasteiger partial charge in [0.2, 0.25) is 11.1 Å². The highest BCUT2D eigenvalue weighted by atomic mass is 32.2. The molecule has 2 N–H and O–H groups in total. The smallest absolute Gasteiger partial charge is 0.297 e. The van der Waals surface area contributed by atoms with Crippen LogP contribution < -0.4 is 4.72 Å². The number of hydrogen-bond donors (Lipinski definition) is 2. The van der Waals surface area contributed by atoms with Crippen molar-refractivity contribution in [3.05, 3.63) is 59.7 Å². The van der Waals surface area contributed by atoms with Gasteiger partial charge in [-0.25, -0.2) is 9.71 Å². The molecule has 0 unspecified atom stereocenters. The lowest BCUT2D eigenvalue weighted by molar-refractivity contribution is -0.120. The molecular formula is C17H17N3O3S. The van der Waals surface area contributed by atoms with Crippen molar-refractivity contribution in [1.29, 1.82) is 0 Å². The van der Waals surface area contributed by atoms with Gasteiger partial charge in [-0.3, -0.25) is 4.79 Å². The number of aromatic nitrogens is 2. The second kappa shape index (κ2) is 6.09. The molecule has 124 valence electrons. The van der Waals surface area contributed by atoms with Gasteiger partial charge in [0.1, 0.15) is 0 Å². The van der Waals surface area contributed by atoms with Gasteiger partial charge in [-0.1, -0.05) is 42.0 Å². The number of fused-ring (bicyclic) bond motifs is 1. The van der Waals surface area contributed by atoms with Crippen molar-refractivity contribution in [2.75, 3.05) is 0 Å². The lowest BCUT2D eigenvalue weighted by Gasteiger charge is -2.12. The molecule has 1 amide bonds. The number of H-pyrrole nitrogens is 1. The summed E-state index contributed by atoms with van der Waals surface area (Å²) in [4.78, 5) is 19.0. The zero-order chi connectivity index (χ0) is 17.3. The highest BCUT2D eigenvalue weighted by Gasteiger charge is 2.25. The quantitative estimate of drug-likeness (QED) is 0.761. The maximum atomic E-state index is 12.4. The van der Waals surface area contributed by atoms with Crippen LogP contribution in [0.3, 0.4) is 0 Å². The molecule has 1 aromatic heterocycles. The standard InChI is InChI=1S/C17H17N3O3S/c1-11-7-9-13(10-8-11)12(2)16(21)20-24(22,23)17-18-14-5-3-4-6-15(14)19-17/h3-10,12H,1-2H3,(H,18,19)(H,20,21)/t12-/m1/s1. The van der Waals surface area contributed by atoms with Crippen molar-refractivity contribution in [1.82, 2.24) is 14.7 Å². The molecule has 2 aromatic carbocycles. The molecule has 3 rings (SSSR count). The molecule has 0 aliphatic carbocycles. The van der Waals surface area contributed by atoms with Gasteiger partial charge in [0.05, 0.1) is 17.0 Å². The maximum absolute atomic E-state index is 12.4. The lowest BCUT2D eigenvalue weighted by Crippen LogP contribution is -2.34. The van der Waals surface area contributed by atoms with E-state index in [2.05, 4.69) is 14.7 Å². The Morgan fingerprint density at radius 1 is 1.12 bits per heavy atom. The fraction of sp³-hybridized carbons (Fsp3) is 0.176. The SMILES string of the molecule is Cc1ccc([C@@H](C)C(=O)NS(=O)(=O)c2nc3ccccc3[nH]2)cc1. The average Bonchev–Trinajstić information content (AvgIpc) is 2.99. The molecule has 0 saturated carbocycles. The normalized spacial score (nSPS) is 12.9. The first-order valence-corrected chi connectivity index (χ1v) is 8.93. The number of carbonyl (C=O) groups excluding carboxylic acids is 1. The first-order chi connectivity index (χ1) is 11.4. The van der Waals surface area contributed by atoms with Gasteiger partial charge in [-0.15, -0.1) is 0 Å². The Kier molecular flexibility index (Phi) is 4.11. The number of hydrogen-bond acceptors (Lipinski definition) is 4. The summed E-state index contributed by atoms with van der Waals surface area (Å²) in [5, 5.41) is -0.270. The average molecular weight is 343 g/mol. The number of benzene rings is 2. The van der Waals surface area contributed by atoms with E-state index in [1.54, 1.807) is 31.2 Å². The van der Waals surface area contributed by atoms with E-state index in [0.717, 1.165) is 11.1 Å². The topological polar surface area (TPSA) is 91.9 Å². The van der Waals surface area contributed by atoms with Crippen LogP contribution in [0.15, 0.2) is 53.7 Å². The molecule has 7 heteroatoms. The number of imidazole rings is 1. The van der Waals surface area contributed by atoms with Crippen molar-refractivity contribution in [3.63, 3.8) is 0 Å². The number of carbonyl (C=O) groups is 1. The summed E-state index contributed by atoms with van der Waals surface area (Å²) in [5.41, 5.74) is 2.94. The van der Waals surface area contributed by atoms with Gasteiger partial charge in [-0.05, 0) is 31.5 Å². The third-order valence-corrected chi connectivity index (χ3v) is 5.00. The molecule has 0 aliphatic rings. The van der Waals surface area contributed by atoms with E-state index in [-0.39, 0.29) is 5.16 Å². The van der Waals surface area contributed by atoms with E-state index in [9.17, 15) is 13.2 Å². The van der Waals surface area contributed by atoms with Crippen molar-refractivity contribution in [2.24, 2.45) is 0 Å². The molecule has 1 heterocycles. The molecule has 0 bridgehead atoms. The molecular weight excluding hydrogens is 326 g/mol. The molecule has 1 atom stereocenters. The van der Waals surface area contributed by atoms with Crippen LogP contribution >= 0.6 is 0 Å². The molecule has 0 fully saturated rings. The Hall–Kier alpha value is -2.67. The molecule has 0 radical (unpaired) electrons. The van der Waals surface area contributed by atoms with E-state index in [4.69, 9.17) is 0 Å². The van der Waals surface area contributed by atoms with E-state index in [1.807, 2.05) is 31.2 Å². The first kappa shape index (κ1) is 16.2. The molecule has 0 spiro atoms. The molecule has 0 saturated heterocycles. The van der Waals surface area contributed by atoms with Gasteiger partial charge in [0.25, 0.3) is 10.0 Å². The van der Waals surface area contributed by atoms with Gasteiger partial charge < -0.3 is 4.98 Å². The van der Waals surface area contributed by atoms with Crippen LogP contribution in [0, 0.1) is 6.92 Å². The highest BCUT2D eigenvalue weighted by Crippen LogP contribution is 2.18. The number of aryl methyl sites for hydroxylation is 1. The minimum Gasteiger partial charge on any atom is -0.327 e. The Balaban J connectivity index is 1.82. The Bertz CT molecular complexity index is 958. The summed E-state index contributed by atoms with van der Waals surface area (Å²) in [6, 6.07) is 14.3. The molecule has 3 aromatic rings. The highest BCUT2D eigenvalue weighted by molar-refractivity contribution is 7.89. The van der Waals surface area contributed by atoms with Gasteiger partial charge in [0, 0.05) is 0 Å². The first-order valence-electron chi connectivity index (χ1n) is 7.45.